The predicted octanol–water partition coefficient (Wildman–Crippen LogP) is 1.85. The van der Waals surface area contributed by atoms with Crippen LogP contribution in [0.1, 0.15) is 31.1 Å². The molecule has 3 rings (SSSR count). The molecule has 2 atom stereocenters. The lowest BCUT2D eigenvalue weighted by molar-refractivity contribution is 0.153. The molecule has 2 unspecified atom stereocenters. The van der Waals surface area contributed by atoms with Gasteiger partial charge in [0.25, 0.3) is 0 Å². The molecule has 0 bridgehead atoms. The lowest BCUT2D eigenvalue weighted by atomic mass is 10.2. The van der Waals surface area contributed by atoms with Gasteiger partial charge in [0.05, 0.1) is 25.0 Å². The first-order valence-corrected chi connectivity index (χ1v) is 8.11. The van der Waals surface area contributed by atoms with Gasteiger partial charge in [-0.3, -0.25) is 4.90 Å². The summed E-state index contributed by atoms with van der Waals surface area (Å²) in [6.07, 6.45) is 5.04. The number of carbonyl (C=O) groups is 1. The Morgan fingerprint density at radius 1 is 1.50 bits per heavy atom. The zero-order valence-corrected chi connectivity index (χ0v) is 13.2. The Bertz CT molecular complexity index is 465. The molecule has 0 saturated carbocycles. The van der Waals surface area contributed by atoms with Gasteiger partial charge in [-0.25, -0.2) is 4.79 Å². The molecule has 1 N–H and O–H groups in total. The second kappa shape index (κ2) is 7.15. The molecule has 2 saturated heterocycles. The van der Waals surface area contributed by atoms with Crippen LogP contribution in [0, 0.1) is 0 Å². The molecule has 0 spiro atoms. The number of rotatable bonds is 5. The van der Waals surface area contributed by atoms with Gasteiger partial charge in [-0.1, -0.05) is 0 Å². The molecule has 2 fully saturated rings. The Kier molecular flexibility index (Phi) is 5.00. The molecule has 2 aliphatic heterocycles. The van der Waals surface area contributed by atoms with Crippen molar-refractivity contribution >= 4 is 6.03 Å². The van der Waals surface area contributed by atoms with Crippen molar-refractivity contribution < 1.29 is 13.9 Å². The topological polar surface area (TPSA) is 58.0 Å². The van der Waals surface area contributed by atoms with Crippen LogP contribution in [-0.2, 0) is 4.74 Å². The fourth-order valence-electron chi connectivity index (χ4n) is 3.25. The molecule has 122 valence electrons. The number of likely N-dealkylation sites (N-methyl/N-ethyl adjacent to an activating group) is 1. The maximum absolute atomic E-state index is 12.3. The van der Waals surface area contributed by atoms with E-state index in [1.165, 1.54) is 12.8 Å². The highest BCUT2D eigenvalue weighted by molar-refractivity contribution is 5.74. The minimum Gasteiger partial charge on any atom is -0.468 e. The SMILES string of the molecule is CN(C(=O)NCC(c1ccco1)N1CCCC1)C1CCOC1. The summed E-state index contributed by atoms with van der Waals surface area (Å²) in [7, 11) is 1.84. The molecule has 22 heavy (non-hydrogen) atoms. The Morgan fingerprint density at radius 3 is 2.95 bits per heavy atom. The van der Waals surface area contributed by atoms with E-state index in [1.807, 2.05) is 19.2 Å². The van der Waals surface area contributed by atoms with E-state index in [-0.39, 0.29) is 18.1 Å². The van der Waals surface area contributed by atoms with E-state index in [2.05, 4.69) is 10.2 Å². The maximum Gasteiger partial charge on any atom is 0.317 e. The highest BCUT2D eigenvalue weighted by Crippen LogP contribution is 2.25. The van der Waals surface area contributed by atoms with Crippen molar-refractivity contribution in [2.45, 2.75) is 31.3 Å². The minimum absolute atomic E-state index is 0.0359. The molecule has 3 heterocycles. The number of carbonyl (C=O) groups excluding carboxylic acids is 1. The summed E-state index contributed by atoms with van der Waals surface area (Å²) >= 11 is 0. The zero-order valence-electron chi connectivity index (χ0n) is 13.2. The standard InChI is InChI=1S/C16H25N3O3/c1-18(13-6-10-21-12-13)16(20)17-11-14(15-5-4-9-22-15)19-7-2-3-8-19/h4-5,9,13-14H,2-3,6-8,10-12H2,1H3,(H,17,20). The number of hydrogen-bond acceptors (Lipinski definition) is 4. The third kappa shape index (κ3) is 3.44. The molecule has 1 aromatic heterocycles. The minimum atomic E-state index is -0.0359. The monoisotopic (exact) mass is 307 g/mol. The number of furan rings is 1. The van der Waals surface area contributed by atoms with Gasteiger partial charge in [0.2, 0.25) is 0 Å². The van der Waals surface area contributed by atoms with Crippen LogP contribution in [0.25, 0.3) is 0 Å². The summed E-state index contributed by atoms with van der Waals surface area (Å²) in [5, 5.41) is 3.05. The van der Waals surface area contributed by atoms with Crippen molar-refractivity contribution in [2.75, 3.05) is 39.9 Å². The molecule has 1 aromatic rings. The van der Waals surface area contributed by atoms with Crippen molar-refractivity contribution in [3.63, 3.8) is 0 Å². The smallest absolute Gasteiger partial charge is 0.317 e. The second-order valence-corrected chi connectivity index (χ2v) is 6.09. The third-order valence-electron chi connectivity index (χ3n) is 4.67. The molecule has 6 nitrogen and oxygen atoms in total. The van der Waals surface area contributed by atoms with Crippen LogP contribution in [0.15, 0.2) is 22.8 Å². The number of urea groups is 1. The number of nitrogens with zero attached hydrogens (tertiary/aromatic N) is 2. The quantitative estimate of drug-likeness (QED) is 0.902. The predicted molar refractivity (Wildman–Crippen MR) is 82.6 cm³/mol. The lowest BCUT2D eigenvalue weighted by Gasteiger charge is -2.28. The Labute approximate surface area is 131 Å². The van der Waals surface area contributed by atoms with E-state index < -0.39 is 0 Å². The molecule has 2 aliphatic rings. The number of nitrogens with one attached hydrogen (secondary N) is 1. The summed E-state index contributed by atoms with van der Waals surface area (Å²) in [5.41, 5.74) is 0. The highest BCUT2D eigenvalue weighted by atomic mass is 16.5. The van der Waals surface area contributed by atoms with E-state index in [0.29, 0.717) is 13.2 Å². The van der Waals surface area contributed by atoms with Gasteiger partial charge in [-0.2, -0.15) is 0 Å². The van der Waals surface area contributed by atoms with Gasteiger partial charge in [0, 0.05) is 20.2 Å². The highest BCUT2D eigenvalue weighted by Gasteiger charge is 2.28. The molecular weight excluding hydrogens is 282 g/mol. The van der Waals surface area contributed by atoms with Crippen LogP contribution in [-0.4, -0.2) is 61.8 Å². The largest absolute Gasteiger partial charge is 0.468 e. The van der Waals surface area contributed by atoms with Crippen molar-refractivity contribution in [1.29, 1.82) is 0 Å². The first kappa shape index (κ1) is 15.4. The van der Waals surface area contributed by atoms with Gasteiger partial charge in [0.15, 0.2) is 0 Å². The van der Waals surface area contributed by atoms with Gasteiger partial charge in [-0.05, 0) is 44.5 Å². The second-order valence-electron chi connectivity index (χ2n) is 6.09. The first-order chi connectivity index (χ1) is 10.8. The van der Waals surface area contributed by atoms with E-state index in [0.717, 1.165) is 31.9 Å². The van der Waals surface area contributed by atoms with E-state index >= 15 is 0 Å². The normalized spacial score (nSPS) is 23.6. The van der Waals surface area contributed by atoms with E-state index in [4.69, 9.17) is 9.15 Å². The van der Waals surface area contributed by atoms with Crippen molar-refractivity contribution in [2.24, 2.45) is 0 Å². The fraction of sp³-hybridized carbons (Fsp3) is 0.688. The van der Waals surface area contributed by atoms with E-state index in [9.17, 15) is 4.79 Å². The first-order valence-electron chi connectivity index (χ1n) is 8.11. The number of ether oxygens (including phenoxy) is 1. The lowest BCUT2D eigenvalue weighted by Crippen LogP contribution is -2.46. The number of amides is 2. The van der Waals surface area contributed by atoms with Crippen LogP contribution < -0.4 is 5.32 Å². The third-order valence-corrected chi connectivity index (χ3v) is 4.67. The Hall–Kier alpha value is -1.53. The molecule has 2 amide bonds. The molecule has 0 radical (unpaired) electrons. The Balaban J connectivity index is 1.57. The average molecular weight is 307 g/mol. The van der Waals surface area contributed by atoms with Crippen molar-refractivity contribution in [1.82, 2.24) is 15.1 Å². The summed E-state index contributed by atoms with van der Waals surface area (Å²) < 4.78 is 10.9. The molecular formula is C16H25N3O3. The summed E-state index contributed by atoms with van der Waals surface area (Å²) in [4.78, 5) is 16.5. The van der Waals surface area contributed by atoms with Crippen LogP contribution >= 0.6 is 0 Å². The van der Waals surface area contributed by atoms with Crippen LogP contribution in [0.2, 0.25) is 0 Å². The van der Waals surface area contributed by atoms with Crippen molar-refractivity contribution in [3.05, 3.63) is 24.2 Å². The van der Waals surface area contributed by atoms with Gasteiger partial charge >= 0.3 is 6.03 Å². The maximum atomic E-state index is 12.3. The van der Waals surface area contributed by atoms with Gasteiger partial charge in [0.1, 0.15) is 5.76 Å². The number of likely N-dealkylation sites (tertiary alicyclic amines) is 1. The molecule has 0 aliphatic carbocycles. The summed E-state index contributed by atoms with van der Waals surface area (Å²) in [6, 6.07) is 4.17. The van der Waals surface area contributed by atoms with Crippen LogP contribution in [0.5, 0.6) is 0 Å². The fourth-order valence-corrected chi connectivity index (χ4v) is 3.25. The average Bonchev–Trinajstić information content (AvgIpc) is 3.27. The molecule has 0 aromatic carbocycles. The Morgan fingerprint density at radius 2 is 2.32 bits per heavy atom. The van der Waals surface area contributed by atoms with Crippen molar-refractivity contribution in [3.8, 4) is 0 Å². The summed E-state index contributed by atoms with van der Waals surface area (Å²) in [6.45, 7) is 4.08. The zero-order chi connectivity index (χ0) is 15.4. The van der Waals surface area contributed by atoms with Gasteiger partial charge in [-0.15, -0.1) is 0 Å². The van der Waals surface area contributed by atoms with E-state index in [1.54, 1.807) is 11.2 Å². The van der Waals surface area contributed by atoms with Crippen LogP contribution in [0.4, 0.5) is 4.79 Å². The summed E-state index contributed by atoms with van der Waals surface area (Å²) in [5.74, 6) is 0.925. The van der Waals surface area contributed by atoms with Crippen LogP contribution in [0.3, 0.4) is 0 Å². The number of hydrogen-bond donors (Lipinski definition) is 1. The molecule has 6 heteroatoms. The van der Waals surface area contributed by atoms with Gasteiger partial charge < -0.3 is 19.4 Å².